The summed E-state index contributed by atoms with van der Waals surface area (Å²) in [6.07, 6.45) is 43.0. The Balaban J connectivity index is 2.36. The van der Waals surface area contributed by atoms with E-state index in [9.17, 15) is 0 Å². The molecule has 0 saturated heterocycles. The Kier molecular flexibility index (Phi) is 22.8. The summed E-state index contributed by atoms with van der Waals surface area (Å²) in [5, 5.41) is 0. The zero-order chi connectivity index (χ0) is 26.2. The summed E-state index contributed by atoms with van der Waals surface area (Å²) in [5.41, 5.74) is 0.656. The molecule has 1 saturated carbocycles. The molecule has 36 heavy (non-hydrogen) atoms. The summed E-state index contributed by atoms with van der Waals surface area (Å²) in [4.78, 5) is 0. The topological polar surface area (TPSA) is 0 Å². The standard InChI is InChI=1S/C36H72/c1-5-8-11-14-17-20-23-26-29-35-33-36(4,31-27-24-21-18-15-12-9-6-2)32-30-34(35)28-25-22-19-16-13-10-7-3/h34-35H,5-33H2,1-4H3. The highest BCUT2D eigenvalue weighted by Gasteiger charge is 2.36. The van der Waals surface area contributed by atoms with Crippen molar-refractivity contribution < 1.29 is 0 Å². The van der Waals surface area contributed by atoms with E-state index in [1.165, 1.54) is 161 Å². The maximum absolute atomic E-state index is 2.68. The van der Waals surface area contributed by atoms with Gasteiger partial charge in [-0.2, -0.15) is 0 Å². The number of hydrogen-bond donors (Lipinski definition) is 0. The molecule has 0 aromatic carbocycles. The maximum Gasteiger partial charge on any atom is -0.0323 e. The van der Waals surface area contributed by atoms with Crippen LogP contribution in [0, 0.1) is 17.3 Å². The molecule has 0 heterocycles. The van der Waals surface area contributed by atoms with Crippen molar-refractivity contribution in [2.24, 2.45) is 17.3 Å². The molecule has 1 aliphatic carbocycles. The van der Waals surface area contributed by atoms with Gasteiger partial charge in [0, 0.05) is 0 Å². The first-order chi connectivity index (χ1) is 17.6. The number of unbranched alkanes of at least 4 members (excludes halogenated alkanes) is 20. The van der Waals surface area contributed by atoms with Crippen molar-refractivity contribution in [1.82, 2.24) is 0 Å². The Morgan fingerprint density at radius 3 is 1.25 bits per heavy atom. The minimum atomic E-state index is 0.656. The SMILES string of the molecule is CCCCCCCCCCC1CC(C)(CCCCCCCCCC)CCC1CCCCCCCCC. The van der Waals surface area contributed by atoms with E-state index in [0.717, 1.165) is 11.8 Å². The molecule has 0 spiro atoms. The fourth-order valence-electron chi connectivity index (χ4n) is 7.21. The molecule has 0 aliphatic heterocycles. The molecule has 0 nitrogen and oxygen atoms in total. The summed E-state index contributed by atoms with van der Waals surface area (Å²) >= 11 is 0. The van der Waals surface area contributed by atoms with Gasteiger partial charge in [-0.25, -0.2) is 0 Å². The van der Waals surface area contributed by atoms with E-state index in [0.29, 0.717) is 5.41 Å². The second kappa shape index (κ2) is 24.1. The van der Waals surface area contributed by atoms with E-state index in [-0.39, 0.29) is 0 Å². The van der Waals surface area contributed by atoms with E-state index in [1.807, 2.05) is 0 Å². The lowest BCUT2D eigenvalue weighted by Crippen LogP contribution is -2.32. The zero-order valence-corrected chi connectivity index (χ0v) is 26.2. The third kappa shape index (κ3) is 18.3. The molecule has 216 valence electrons. The largest absolute Gasteiger partial charge is 0.0654 e. The van der Waals surface area contributed by atoms with Crippen LogP contribution in [0.1, 0.15) is 214 Å². The lowest BCUT2D eigenvalue weighted by molar-refractivity contribution is 0.0779. The lowest BCUT2D eigenvalue weighted by Gasteiger charge is -2.43. The highest BCUT2D eigenvalue weighted by atomic mass is 14.4. The van der Waals surface area contributed by atoms with Crippen molar-refractivity contribution in [1.29, 1.82) is 0 Å². The third-order valence-corrected chi connectivity index (χ3v) is 9.78. The maximum atomic E-state index is 2.68. The van der Waals surface area contributed by atoms with E-state index in [2.05, 4.69) is 27.7 Å². The number of rotatable bonds is 26. The quantitative estimate of drug-likeness (QED) is 0.103. The fourth-order valence-corrected chi connectivity index (χ4v) is 7.21. The minimum absolute atomic E-state index is 0.656. The van der Waals surface area contributed by atoms with Gasteiger partial charge in [-0.15, -0.1) is 0 Å². The molecule has 0 heteroatoms. The lowest BCUT2D eigenvalue weighted by atomic mass is 9.62. The van der Waals surface area contributed by atoms with Crippen molar-refractivity contribution in [3.8, 4) is 0 Å². The molecule has 0 aromatic heterocycles. The molecule has 0 radical (unpaired) electrons. The van der Waals surface area contributed by atoms with Gasteiger partial charge in [-0.1, -0.05) is 188 Å². The van der Waals surface area contributed by atoms with Crippen molar-refractivity contribution in [2.75, 3.05) is 0 Å². The van der Waals surface area contributed by atoms with Gasteiger partial charge < -0.3 is 0 Å². The van der Waals surface area contributed by atoms with E-state index in [4.69, 9.17) is 0 Å². The molecule has 3 atom stereocenters. The van der Waals surface area contributed by atoms with Crippen molar-refractivity contribution in [2.45, 2.75) is 214 Å². The Labute approximate surface area is 231 Å². The van der Waals surface area contributed by atoms with Crippen molar-refractivity contribution in [3.63, 3.8) is 0 Å². The first-order valence-corrected chi connectivity index (χ1v) is 17.6. The summed E-state index contributed by atoms with van der Waals surface area (Å²) in [7, 11) is 0. The number of hydrogen-bond acceptors (Lipinski definition) is 0. The predicted octanol–water partition coefficient (Wildman–Crippen LogP) is 13.6. The summed E-state index contributed by atoms with van der Waals surface area (Å²) in [6.45, 7) is 9.67. The summed E-state index contributed by atoms with van der Waals surface area (Å²) < 4.78 is 0. The van der Waals surface area contributed by atoms with Crippen LogP contribution < -0.4 is 0 Å². The molecule has 1 aliphatic rings. The zero-order valence-electron chi connectivity index (χ0n) is 26.2. The molecule has 0 aromatic rings. The summed E-state index contributed by atoms with van der Waals surface area (Å²) in [5.74, 6) is 2.09. The van der Waals surface area contributed by atoms with Crippen LogP contribution in [0.15, 0.2) is 0 Å². The van der Waals surface area contributed by atoms with Crippen LogP contribution in [-0.2, 0) is 0 Å². The van der Waals surface area contributed by atoms with Crippen molar-refractivity contribution >= 4 is 0 Å². The molecule has 3 unspecified atom stereocenters. The first kappa shape index (κ1) is 34.0. The van der Waals surface area contributed by atoms with Gasteiger partial charge in [0.1, 0.15) is 0 Å². The molecule has 0 bridgehead atoms. The molecule has 1 rings (SSSR count). The van der Waals surface area contributed by atoms with Gasteiger partial charge in [0.05, 0.1) is 0 Å². The first-order valence-electron chi connectivity index (χ1n) is 17.6. The highest BCUT2D eigenvalue weighted by molar-refractivity contribution is 4.87. The van der Waals surface area contributed by atoms with Crippen LogP contribution in [0.25, 0.3) is 0 Å². The third-order valence-electron chi connectivity index (χ3n) is 9.78. The van der Waals surface area contributed by atoms with Crippen LogP contribution in [0.3, 0.4) is 0 Å². The fraction of sp³-hybridized carbons (Fsp3) is 1.00. The van der Waals surface area contributed by atoms with Crippen LogP contribution in [0.2, 0.25) is 0 Å². The highest BCUT2D eigenvalue weighted by Crippen LogP contribution is 2.48. The van der Waals surface area contributed by atoms with E-state index >= 15 is 0 Å². The Morgan fingerprint density at radius 2 is 0.806 bits per heavy atom. The minimum Gasteiger partial charge on any atom is -0.0654 e. The van der Waals surface area contributed by atoms with Crippen LogP contribution >= 0.6 is 0 Å². The van der Waals surface area contributed by atoms with Gasteiger partial charge in [-0.3, -0.25) is 0 Å². The smallest absolute Gasteiger partial charge is 0.0323 e. The van der Waals surface area contributed by atoms with E-state index in [1.54, 1.807) is 25.7 Å². The van der Waals surface area contributed by atoms with Crippen molar-refractivity contribution in [3.05, 3.63) is 0 Å². The Bertz CT molecular complexity index is 439. The van der Waals surface area contributed by atoms with Crippen LogP contribution in [0.5, 0.6) is 0 Å². The average Bonchev–Trinajstić information content (AvgIpc) is 2.88. The van der Waals surface area contributed by atoms with Gasteiger partial charge in [0.2, 0.25) is 0 Å². The van der Waals surface area contributed by atoms with Gasteiger partial charge in [0.25, 0.3) is 0 Å². The molecule has 0 N–H and O–H groups in total. The molecule has 1 fully saturated rings. The Hall–Kier alpha value is 0. The van der Waals surface area contributed by atoms with Crippen LogP contribution in [0.4, 0.5) is 0 Å². The summed E-state index contributed by atoms with van der Waals surface area (Å²) in [6, 6.07) is 0. The Morgan fingerprint density at radius 1 is 0.444 bits per heavy atom. The molecule has 0 amide bonds. The molecular formula is C36H72. The predicted molar refractivity (Wildman–Crippen MR) is 166 cm³/mol. The average molecular weight is 505 g/mol. The monoisotopic (exact) mass is 505 g/mol. The van der Waals surface area contributed by atoms with E-state index < -0.39 is 0 Å². The van der Waals surface area contributed by atoms with Gasteiger partial charge in [0.15, 0.2) is 0 Å². The van der Waals surface area contributed by atoms with Gasteiger partial charge >= 0.3 is 0 Å². The van der Waals surface area contributed by atoms with Gasteiger partial charge in [-0.05, 0) is 42.9 Å². The second-order valence-corrected chi connectivity index (χ2v) is 13.5. The molecular weight excluding hydrogens is 432 g/mol. The second-order valence-electron chi connectivity index (χ2n) is 13.5. The normalized spacial score (nSPS) is 22.3. The van der Waals surface area contributed by atoms with Crippen LogP contribution in [-0.4, -0.2) is 0 Å².